The van der Waals surface area contributed by atoms with Crippen LogP contribution in [0.25, 0.3) is 0 Å². The predicted molar refractivity (Wildman–Crippen MR) is 37.1 cm³/mol. The Morgan fingerprint density at radius 1 is 1.73 bits per heavy atom. The second-order valence-electron chi connectivity index (χ2n) is 2.49. The summed E-state index contributed by atoms with van der Waals surface area (Å²) in [5.41, 5.74) is 0. The summed E-state index contributed by atoms with van der Waals surface area (Å²) in [6.07, 6.45) is -0.0151. The third-order valence-corrected chi connectivity index (χ3v) is 1.46. The van der Waals surface area contributed by atoms with E-state index in [4.69, 9.17) is 5.11 Å². The van der Waals surface area contributed by atoms with Gasteiger partial charge in [-0.1, -0.05) is 0 Å². The lowest BCUT2D eigenvalue weighted by atomic mass is 10.2. The molecule has 1 heterocycles. The average molecular weight is 158 g/mol. The fraction of sp³-hybridized carbons (Fsp3) is 0.667. The Morgan fingerprint density at radius 2 is 2.45 bits per heavy atom. The molecule has 0 aromatic rings. The smallest absolute Gasteiger partial charge is 0.305 e. The highest BCUT2D eigenvalue weighted by Gasteiger charge is 2.19. The molecule has 1 amide bonds. The third-order valence-electron chi connectivity index (χ3n) is 1.46. The molecule has 1 saturated heterocycles. The van der Waals surface area contributed by atoms with Crippen molar-refractivity contribution >= 4 is 11.9 Å². The zero-order valence-electron chi connectivity index (χ0n) is 5.96. The number of aliphatic carboxylic acids is 1. The number of carboxylic acid groups (broad SMARTS) is 1. The Balaban J connectivity index is 2.34. The number of amides is 1. The van der Waals surface area contributed by atoms with E-state index in [0.29, 0.717) is 6.54 Å². The van der Waals surface area contributed by atoms with Crippen LogP contribution in [0.5, 0.6) is 0 Å². The van der Waals surface area contributed by atoms with Gasteiger partial charge in [0.15, 0.2) is 0 Å². The van der Waals surface area contributed by atoms with E-state index in [-0.39, 0.29) is 24.9 Å². The predicted octanol–water partition coefficient (Wildman–Crippen LogP) is -1.45. The summed E-state index contributed by atoms with van der Waals surface area (Å²) < 4.78 is 0. The molecule has 3 N–H and O–H groups in total. The molecule has 1 aliphatic heterocycles. The quantitative estimate of drug-likeness (QED) is 0.459. The van der Waals surface area contributed by atoms with Crippen LogP contribution >= 0.6 is 0 Å². The number of carbonyl (C=O) groups excluding carboxylic acids is 1. The van der Waals surface area contributed by atoms with Crippen molar-refractivity contribution in [3.05, 3.63) is 0 Å². The number of carboxylic acids is 1. The maximum Gasteiger partial charge on any atom is 0.305 e. The summed E-state index contributed by atoms with van der Waals surface area (Å²) in [6, 6.07) is -0.256. The Labute approximate surface area is 63.8 Å². The maximum atomic E-state index is 10.7. The van der Waals surface area contributed by atoms with Crippen molar-refractivity contribution in [3.63, 3.8) is 0 Å². The lowest BCUT2D eigenvalue weighted by Crippen LogP contribution is -2.52. The summed E-state index contributed by atoms with van der Waals surface area (Å²) in [4.78, 5) is 20.9. The van der Waals surface area contributed by atoms with Crippen molar-refractivity contribution < 1.29 is 14.7 Å². The number of hydrogen-bond donors (Lipinski definition) is 3. The number of hydrogen-bond acceptors (Lipinski definition) is 3. The molecule has 0 aromatic carbocycles. The van der Waals surface area contributed by atoms with Gasteiger partial charge in [-0.3, -0.25) is 9.59 Å². The molecule has 1 atom stereocenters. The molecule has 62 valence electrons. The lowest BCUT2D eigenvalue weighted by Gasteiger charge is -2.22. The molecule has 1 fully saturated rings. The van der Waals surface area contributed by atoms with Crippen LogP contribution in [-0.2, 0) is 9.59 Å². The number of nitrogens with one attached hydrogen (secondary N) is 2. The molecular formula is C6H10N2O3. The zero-order chi connectivity index (χ0) is 8.27. The molecule has 5 heteroatoms. The van der Waals surface area contributed by atoms with Crippen LogP contribution in [0.4, 0.5) is 0 Å². The summed E-state index contributed by atoms with van der Waals surface area (Å²) in [5.74, 6) is -1.03. The minimum absolute atomic E-state index is 0.0151. The lowest BCUT2D eigenvalue weighted by molar-refractivity contribution is -0.137. The van der Waals surface area contributed by atoms with Gasteiger partial charge in [-0.25, -0.2) is 0 Å². The van der Waals surface area contributed by atoms with Crippen LogP contribution in [0.3, 0.4) is 0 Å². The summed E-state index contributed by atoms with van der Waals surface area (Å²) in [5, 5.41) is 13.8. The maximum absolute atomic E-state index is 10.7. The molecule has 0 aliphatic carbocycles. The SMILES string of the molecule is O=C(O)CC1CNCC(=O)N1. The van der Waals surface area contributed by atoms with Gasteiger partial charge >= 0.3 is 5.97 Å². The Morgan fingerprint density at radius 3 is 3.00 bits per heavy atom. The second kappa shape index (κ2) is 3.34. The van der Waals surface area contributed by atoms with E-state index in [9.17, 15) is 9.59 Å². The fourth-order valence-corrected chi connectivity index (χ4v) is 1.02. The van der Waals surface area contributed by atoms with Gasteiger partial charge in [0.25, 0.3) is 0 Å². The second-order valence-corrected chi connectivity index (χ2v) is 2.49. The Kier molecular flexibility index (Phi) is 2.43. The highest BCUT2D eigenvalue weighted by atomic mass is 16.4. The molecule has 0 radical (unpaired) electrons. The zero-order valence-corrected chi connectivity index (χ0v) is 5.96. The molecule has 0 spiro atoms. The first-order valence-electron chi connectivity index (χ1n) is 3.40. The van der Waals surface area contributed by atoms with Crippen molar-refractivity contribution in [1.29, 1.82) is 0 Å². The first-order valence-corrected chi connectivity index (χ1v) is 3.40. The van der Waals surface area contributed by atoms with Crippen LogP contribution < -0.4 is 10.6 Å². The minimum Gasteiger partial charge on any atom is -0.481 e. The average Bonchev–Trinajstić information content (AvgIpc) is 1.85. The van der Waals surface area contributed by atoms with E-state index in [2.05, 4.69) is 10.6 Å². The Hall–Kier alpha value is -1.10. The summed E-state index contributed by atoms with van der Waals surface area (Å²) >= 11 is 0. The first-order chi connectivity index (χ1) is 5.18. The van der Waals surface area contributed by atoms with Gasteiger partial charge in [-0.15, -0.1) is 0 Å². The van der Waals surface area contributed by atoms with E-state index in [0.717, 1.165) is 0 Å². The van der Waals surface area contributed by atoms with Gasteiger partial charge < -0.3 is 15.7 Å². The summed E-state index contributed by atoms with van der Waals surface area (Å²) in [7, 11) is 0. The number of rotatable bonds is 2. The first kappa shape index (κ1) is 8.00. The van der Waals surface area contributed by atoms with E-state index >= 15 is 0 Å². The Bertz CT molecular complexity index is 179. The van der Waals surface area contributed by atoms with Gasteiger partial charge in [-0.05, 0) is 0 Å². The van der Waals surface area contributed by atoms with Crippen LogP contribution in [0.15, 0.2) is 0 Å². The van der Waals surface area contributed by atoms with E-state index < -0.39 is 5.97 Å². The molecule has 11 heavy (non-hydrogen) atoms. The molecular weight excluding hydrogens is 148 g/mol. The molecule has 1 aliphatic rings. The van der Waals surface area contributed by atoms with Gasteiger partial charge in [0.2, 0.25) is 5.91 Å². The standard InChI is InChI=1S/C6H10N2O3/c9-5-3-7-2-4(8-5)1-6(10)11/h4,7H,1-3H2,(H,8,9)(H,10,11). The third kappa shape index (κ3) is 2.55. The van der Waals surface area contributed by atoms with Crippen molar-refractivity contribution in [2.24, 2.45) is 0 Å². The van der Waals surface area contributed by atoms with Gasteiger partial charge in [0.1, 0.15) is 0 Å². The number of piperazine rings is 1. The molecule has 1 rings (SSSR count). The fourth-order valence-electron chi connectivity index (χ4n) is 1.02. The van der Waals surface area contributed by atoms with Crippen molar-refractivity contribution in [3.8, 4) is 0 Å². The minimum atomic E-state index is -0.890. The topological polar surface area (TPSA) is 78.4 Å². The normalized spacial score (nSPS) is 24.4. The van der Waals surface area contributed by atoms with Crippen LogP contribution in [0, 0.1) is 0 Å². The van der Waals surface area contributed by atoms with E-state index in [1.165, 1.54) is 0 Å². The number of carbonyl (C=O) groups is 2. The molecule has 1 unspecified atom stereocenters. The van der Waals surface area contributed by atoms with E-state index in [1.807, 2.05) is 0 Å². The van der Waals surface area contributed by atoms with E-state index in [1.54, 1.807) is 0 Å². The van der Waals surface area contributed by atoms with Gasteiger partial charge in [0.05, 0.1) is 19.0 Å². The van der Waals surface area contributed by atoms with Crippen LogP contribution in [-0.4, -0.2) is 36.1 Å². The molecule has 0 saturated carbocycles. The highest BCUT2D eigenvalue weighted by molar-refractivity contribution is 5.80. The molecule has 5 nitrogen and oxygen atoms in total. The van der Waals surface area contributed by atoms with Crippen LogP contribution in [0.1, 0.15) is 6.42 Å². The monoisotopic (exact) mass is 158 g/mol. The molecule has 0 aromatic heterocycles. The largest absolute Gasteiger partial charge is 0.481 e. The van der Waals surface area contributed by atoms with Gasteiger partial charge in [0, 0.05) is 6.54 Å². The van der Waals surface area contributed by atoms with Crippen molar-refractivity contribution in [2.45, 2.75) is 12.5 Å². The highest BCUT2D eigenvalue weighted by Crippen LogP contribution is 1.93. The molecule has 0 bridgehead atoms. The summed E-state index contributed by atoms with van der Waals surface area (Å²) in [6.45, 7) is 0.828. The van der Waals surface area contributed by atoms with Crippen molar-refractivity contribution in [2.75, 3.05) is 13.1 Å². The van der Waals surface area contributed by atoms with Crippen LogP contribution in [0.2, 0.25) is 0 Å². The van der Waals surface area contributed by atoms with Gasteiger partial charge in [-0.2, -0.15) is 0 Å². The van der Waals surface area contributed by atoms with Crippen molar-refractivity contribution in [1.82, 2.24) is 10.6 Å².